The highest BCUT2D eigenvalue weighted by Crippen LogP contribution is 2.43. The fourth-order valence-corrected chi connectivity index (χ4v) is 3.39. The highest BCUT2D eigenvalue weighted by Gasteiger charge is 2.40. The number of nitrogens with one attached hydrogen (secondary N) is 1. The number of fused-ring (bicyclic) bond motifs is 1. The molecule has 6 nitrogen and oxygen atoms in total. The Morgan fingerprint density at radius 3 is 1.97 bits per heavy atom. The third kappa shape index (κ3) is 2.72. The molecule has 1 aliphatic rings. The number of hydrogen-bond donors (Lipinski definition) is 2. The number of carbonyl (C=O) groups excluding carboxylic acids is 1. The fraction of sp³-hybridized carbons (Fsp3) is 0. The molecule has 2 N–H and O–H groups in total. The van der Waals surface area contributed by atoms with Crippen LogP contribution >= 0.6 is 0 Å². The smallest absolute Gasteiger partial charge is 0.280 e. The minimum absolute atomic E-state index is 0.944. The molecule has 1 aliphatic heterocycles. The molecule has 0 fully saturated rings. The minimum Gasteiger partial charge on any atom is -0.494 e. The predicted octanol–water partition coefficient (Wildman–Crippen LogP) is 4.91. The third-order valence-corrected chi connectivity index (χ3v) is 4.86. The highest BCUT2D eigenvalue weighted by atomic mass is 19.2. The highest BCUT2D eigenvalue weighted by molar-refractivity contribution is 6.30. The van der Waals surface area contributed by atoms with Crippen molar-refractivity contribution in [2.45, 2.75) is 0 Å². The van der Waals surface area contributed by atoms with Gasteiger partial charge in [0.15, 0.2) is 46.6 Å². The molecule has 2 heterocycles. The van der Waals surface area contributed by atoms with Crippen LogP contribution in [0.3, 0.4) is 0 Å². The first kappa shape index (κ1) is 22.5. The van der Waals surface area contributed by atoms with E-state index in [9.17, 15) is 45.0 Å². The van der Waals surface area contributed by atoms with Crippen LogP contribution in [-0.2, 0) is 0 Å². The van der Waals surface area contributed by atoms with E-state index in [1.807, 2.05) is 4.98 Å². The quantitative estimate of drug-likeness (QED) is 0.235. The van der Waals surface area contributed by atoms with Crippen molar-refractivity contribution in [3.63, 3.8) is 0 Å². The first-order chi connectivity index (χ1) is 16.0. The lowest BCUT2D eigenvalue weighted by molar-refractivity contribution is 0.101. The van der Waals surface area contributed by atoms with Gasteiger partial charge in [-0.2, -0.15) is 5.26 Å². The fourth-order valence-electron chi connectivity index (χ4n) is 3.39. The van der Waals surface area contributed by atoms with Crippen LogP contribution in [0, 0.1) is 64.4 Å². The second-order valence-electron chi connectivity index (χ2n) is 6.57. The van der Waals surface area contributed by atoms with Crippen LogP contribution in [0.2, 0.25) is 0 Å². The summed E-state index contributed by atoms with van der Waals surface area (Å²) in [7, 11) is 0. The molecule has 34 heavy (non-hydrogen) atoms. The number of aromatic hydroxyl groups is 1. The molecule has 0 atom stereocenters. The summed E-state index contributed by atoms with van der Waals surface area (Å²) in [5.41, 5.74) is -10.6. The van der Waals surface area contributed by atoms with Gasteiger partial charge in [-0.15, -0.1) is 0 Å². The average molecular weight is 482 g/mol. The molecule has 170 valence electrons. The van der Waals surface area contributed by atoms with Crippen LogP contribution in [0.1, 0.15) is 27.0 Å². The molecular formula is C20H2F8N4O2. The molecule has 0 saturated carbocycles. The monoisotopic (exact) mass is 482 g/mol. The first-order valence-corrected chi connectivity index (χ1v) is 8.56. The van der Waals surface area contributed by atoms with E-state index in [1.165, 1.54) is 0 Å². The summed E-state index contributed by atoms with van der Waals surface area (Å²) in [6.07, 6.45) is 0. The van der Waals surface area contributed by atoms with Crippen molar-refractivity contribution in [2.24, 2.45) is 4.99 Å². The Bertz CT molecular complexity index is 1590. The molecule has 2 aromatic carbocycles. The van der Waals surface area contributed by atoms with Gasteiger partial charge in [0, 0.05) is 0 Å². The largest absolute Gasteiger partial charge is 0.494 e. The molecule has 4 rings (SSSR count). The van der Waals surface area contributed by atoms with Crippen molar-refractivity contribution in [2.75, 3.05) is 0 Å². The van der Waals surface area contributed by atoms with Gasteiger partial charge in [0.2, 0.25) is 0 Å². The first-order valence-electron chi connectivity index (χ1n) is 8.56. The standard InChI is InChI=1S/C20H2F8N4O2/c1-30-18-12(25)7(11(24)14(27)15(18)28)17-5-4(19(33)32-17)16(31-20(5)34)6-8(21)3(2-29)9(22)13(26)10(6)23/h32-33H. The SMILES string of the molecule is [C-]#[N+]c1c(F)c(F)c(F)c(-c2[nH]c(O)c3c2C(=O)N=C3c2c(F)c(F)c(F)c(C#N)c2F)c1F. The zero-order valence-corrected chi connectivity index (χ0v) is 15.7. The van der Waals surface area contributed by atoms with E-state index < -0.39 is 103 Å². The van der Waals surface area contributed by atoms with Gasteiger partial charge in [-0.1, -0.05) is 0 Å². The number of hydrogen-bond acceptors (Lipinski definition) is 3. The third-order valence-electron chi connectivity index (χ3n) is 4.86. The van der Waals surface area contributed by atoms with Crippen LogP contribution in [0.4, 0.5) is 40.8 Å². The molecule has 0 saturated heterocycles. The molecule has 0 aliphatic carbocycles. The second kappa shape index (κ2) is 7.41. The van der Waals surface area contributed by atoms with E-state index in [-0.39, 0.29) is 0 Å². The van der Waals surface area contributed by atoms with Crippen molar-refractivity contribution in [3.8, 4) is 23.2 Å². The number of nitrogens with zero attached hydrogens (tertiary/aromatic N) is 3. The van der Waals surface area contributed by atoms with Crippen LogP contribution in [0.15, 0.2) is 4.99 Å². The lowest BCUT2D eigenvalue weighted by Crippen LogP contribution is -2.13. The summed E-state index contributed by atoms with van der Waals surface area (Å²) in [5, 5.41) is 19.0. The summed E-state index contributed by atoms with van der Waals surface area (Å²) in [6, 6.07) is 0.944. The molecule has 3 aromatic rings. The van der Waals surface area contributed by atoms with E-state index in [4.69, 9.17) is 11.8 Å². The maximum absolute atomic E-state index is 14.7. The number of carbonyl (C=O) groups is 1. The summed E-state index contributed by atoms with van der Waals surface area (Å²) in [4.78, 5) is 19.9. The number of H-pyrrole nitrogens is 1. The maximum atomic E-state index is 14.7. The van der Waals surface area contributed by atoms with Gasteiger partial charge in [0.05, 0.1) is 40.2 Å². The minimum atomic E-state index is -2.33. The number of benzene rings is 2. The molecule has 0 radical (unpaired) electrons. The van der Waals surface area contributed by atoms with Gasteiger partial charge in [-0.25, -0.2) is 45.0 Å². The Balaban J connectivity index is 2.07. The van der Waals surface area contributed by atoms with Gasteiger partial charge in [-0.3, -0.25) is 4.79 Å². The topological polar surface area (TPSA) is 93.6 Å². The van der Waals surface area contributed by atoms with E-state index in [2.05, 4.69) is 9.84 Å². The maximum Gasteiger partial charge on any atom is 0.280 e. The van der Waals surface area contributed by atoms with Crippen LogP contribution in [-0.4, -0.2) is 21.7 Å². The van der Waals surface area contributed by atoms with Gasteiger partial charge in [0.25, 0.3) is 11.6 Å². The molecule has 1 amide bonds. The van der Waals surface area contributed by atoms with Crippen LogP contribution in [0.5, 0.6) is 5.88 Å². The van der Waals surface area contributed by atoms with Crippen molar-refractivity contribution in [3.05, 3.63) is 80.2 Å². The average Bonchev–Trinajstić information content (AvgIpc) is 3.30. The summed E-state index contributed by atoms with van der Waals surface area (Å²) in [5.74, 6) is -20.3. The van der Waals surface area contributed by atoms with Crippen molar-refractivity contribution in [1.82, 2.24) is 4.98 Å². The summed E-state index contributed by atoms with van der Waals surface area (Å²) >= 11 is 0. The summed E-state index contributed by atoms with van der Waals surface area (Å²) < 4.78 is 113. The van der Waals surface area contributed by atoms with Gasteiger partial charge in [-0.05, 0) is 0 Å². The number of aromatic nitrogens is 1. The normalized spacial score (nSPS) is 12.4. The Morgan fingerprint density at radius 2 is 1.38 bits per heavy atom. The number of aromatic amines is 1. The van der Waals surface area contributed by atoms with E-state index in [1.54, 1.807) is 0 Å². The van der Waals surface area contributed by atoms with Gasteiger partial charge < -0.3 is 10.1 Å². The van der Waals surface area contributed by atoms with E-state index >= 15 is 0 Å². The second-order valence-corrected chi connectivity index (χ2v) is 6.57. The molecule has 1 aromatic heterocycles. The molecule has 14 heteroatoms. The Hall–Kier alpha value is -4.72. The zero-order valence-electron chi connectivity index (χ0n) is 15.7. The molecule has 0 bridgehead atoms. The Morgan fingerprint density at radius 1 is 0.794 bits per heavy atom. The molecular weight excluding hydrogens is 480 g/mol. The van der Waals surface area contributed by atoms with Gasteiger partial charge in [0.1, 0.15) is 17.4 Å². The van der Waals surface area contributed by atoms with E-state index in [0.29, 0.717) is 0 Å². The number of amides is 1. The number of rotatable bonds is 2. The van der Waals surface area contributed by atoms with E-state index in [0.717, 1.165) is 6.07 Å². The number of aliphatic imine (C=N–C) groups is 1. The number of halogens is 8. The Labute approximate surface area is 181 Å². The predicted molar refractivity (Wildman–Crippen MR) is 94.9 cm³/mol. The zero-order chi connectivity index (χ0) is 25.2. The lowest BCUT2D eigenvalue weighted by atomic mass is 9.97. The van der Waals surface area contributed by atoms with Crippen LogP contribution < -0.4 is 0 Å². The van der Waals surface area contributed by atoms with Crippen molar-refractivity contribution in [1.29, 1.82) is 5.26 Å². The molecule has 0 unspecified atom stereocenters. The number of nitriles is 1. The lowest BCUT2D eigenvalue weighted by Gasteiger charge is -2.08. The Kier molecular flexibility index (Phi) is 4.90. The van der Waals surface area contributed by atoms with Crippen molar-refractivity contribution >= 4 is 17.3 Å². The summed E-state index contributed by atoms with van der Waals surface area (Å²) in [6.45, 7) is 6.75. The van der Waals surface area contributed by atoms with Crippen molar-refractivity contribution < 1.29 is 45.0 Å². The van der Waals surface area contributed by atoms with Gasteiger partial charge >= 0.3 is 0 Å². The molecule has 0 spiro atoms. The van der Waals surface area contributed by atoms with Crippen LogP contribution in [0.25, 0.3) is 16.1 Å².